The van der Waals surface area contributed by atoms with Crippen LogP contribution in [0.1, 0.15) is 42.9 Å². The molecule has 1 aromatic heterocycles. The van der Waals surface area contributed by atoms with Crippen LogP contribution >= 0.6 is 0 Å². The van der Waals surface area contributed by atoms with Crippen molar-refractivity contribution in [2.24, 2.45) is 0 Å². The second-order valence-corrected chi connectivity index (χ2v) is 8.02. The van der Waals surface area contributed by atoms with Gasteiger partial charge in [-0.25, -0.2) is 0 Å². The highest BCUT2D eigenvalue weighted by molar-refractivity contribution is 5.92. The van der Waals surface area contributed by atoms with Crippen molar-refractivity contribution < 1.29 is 4.74 Å². The Hall–Kier alpha value is -2.75. The number of rotatable bonds is 5. The van der Waals surface area contributed by atoms with Gasteiger partial charge in [0.05, 0.1) is 5.52 Å². The molecule has 2 fully saturated rings. The maximum Gasteiger partial charge on any atom is 0.255 e. The molecule has 0 amide bonds. The molecule has 144 valence electrons. The Morgan fingerprint density at radius 2 is 1.79 bits per heavy atom. The van der Waals surface area contributed by atoms with E-state index in [1.165, 1.54) is 24.1 Å². The minimum atomic E-state index is 0.0553. The Balaban J connectivity index is 1.62. The number of ether oxygens (including phenoxy) is 1. The zero-order valence-corrected chi connectivity index (χ0v) is 16.4. The number of benzene rings is 2. The molecule has 5 rings (SSSR count). The SMILES string of the molecule is Cc1c(N2CCCC2)ccc2c(OCc3ccccc3)cc(=O)n(C3CC3)c12. The van der Waals surface area contributed by atoms with Crippen molar-refractivity contribution in [2.75, 3.05) is 18.0 Å². The van der Waals surface area contributed by atoms with Gasteiger partial charge in [0.1, 0.15) is 12.4 Å². The molecule has 1 saturated heterocycles. The van der Waals surface area contributed by atoms with Crippen molar-refractivity contribution >= 4 is 16.6 Å². The lowest BCUT2D eigenvalue weighted by Gasteiger charge is -2.23. The molecule has 0 atom stereocenters. The molecule has 0 spiro atoms. The van der Waals surface area contributed by atoms with Crippen LogP contribution in [0.15, 0.2) is 53.3 Å². The molecule has 28 heavy (non-hydrogen) atoms. The Morgan fingerprint density at radius 3 is 2.50 bits per heavy atom. The van der Waals surface area contributed by atoms with Gasteiger partial charge in [-0.05, 0) is 55.9 Å². The molecule has 2 aromatic carbocycles. The number of fused-ring (bicyclic) bond motifs is 1. The molecule has 0 N–H and O–H groups in total. The lowest BCUT2D eigenvalue weighted by Crippen LogP contribution is -2.22. The van der Waals surface area contributed by atoms with Gasteiger partial charge in [-0.3, -0.25) is 4.79 Å². The fourth-order valence-electron chi connectivity index (χ4n) is 4.42. The van der Waals surface area contributed by atoms with Crippen molar-refractivity contribution in [3.8, 4) is 5.75 Å². The van der Waals surface area contributed by atoms with E-state index in [0.717, 1.165) is 42.4 Å². The summed E-state index contributed by atoms with van der Waals surface area (Å²) in [7, 11) is 0. The van der Waals surface area contributed by atoms with Crippen LogP contribution in [-0.4, -0.2) is 17.7 Å². The second kappa shape index (κ2) is 7.01. The van der Waals surface area contributed by atoms with Crippen LogP contribution in [0.2, 0.25) is 0 Å². The first kappa shape index (κ1) is 17.4. The monoisotopic (exact) mass is 374 g/mol. The third-order valence-corrected chi connectivity index (χ3v) is 6.00. The molecular formula is C24H26N2O2. The molecule has 4 nitrogen and oxygen atoms in total. The average Bonchev–Trinajstić information content (AvgIpc) is 3.40. The summed E-state index contributed by atoms with van der Waals surface area (Å²) in [6, 6.07) is 16.5. The maximum absolute atomic E-state index is 13.0. The lowest BCUT2D eigenvalue weighted by atomic mass is 10.1. The van der Waals surface area contributed by atoms with E-state index in [-0.39, 0.29) is 5.56 Å². The van der Waals surface area contributed by atoms with Crippen molar-refractivity contribution in [2.45, 2.75) is 45.3 Å². The van der Waals surface area contributed by atoms with Crippen LogP contribution in [0.4, 0.5) is 5.69 Å². The smallest absolute Gasteiger partial charge is 0.255 e. The first-order valence-corrected chi connectivity index (χ1v) is 10.3. The Kier molecular flexibility index (Phi) is 4.34. The Bertz CT molecular complexity index is 1060. The van der Waals surface area contributed by atoms with Crippen molar-refractivity contribution in [3.05, 3.63) is 70.0 Å². The molecule has 1 aliphatic carbocycles. The van der Waals surface area contributed by atoms with E-state index < -0.39 is 0 Å². The molecule has 0 unspecified atom stereocenters. The van der Waals surface area contributed by atoms with Gasteiger partial charge in [-0.2, -0.15) is 0 Å². The zero-order chi connectivity index (χ0) is 19.1. The average molecular weight is 374 g/mol. The third-order valence-electron chi connectivity index (χ3n) is 6.00. The number of pyridine rings is 1. The normalized spacial score (nSPS) is 16.7. The first-order chi connectivity index (χ1) is 13.7. The highest BCUT2D eigenvalue weighted by atomic mass is 16.5. The summed E-state index contributed by atoms with van der Waals surface area (Å²) in [6.45, 7) is 4.83. The lowest BCUT2D eigenvalue weighted by molar-refractivity contribution is 0.309. The standard InChI is InChI=1S/C24H26N2O2/c1-17-21(25-13-5-6-14-25)12-11-20-22(28-16-18-7-3-2-4-8-18)15-23(27)26(24(17)20)19-9-10-19/h2-4,7-8,11-12,15,19H,5-6,9-10,13-14,16H2,1H3. The predicted octanol–water partition coefficient (Wildman–Crippen LogP) is 4.82. The van der Waals surface area contributed by atoms with E-state index in [0.29, 0.717) is 18.4 Å². The predicted molar refractivity (Wildman–Crippen MR) is 113 cm³/mol. The van der Waals surface area contributed by atoms with Crippen molar-refractivity contribution in [1.29, 1.82) is 0 Å². The molecule has 0 radical (unpaired) electrons. The number of hydrogen-bond donors (Lipinski definition) is 0. The first-order valence-electron chi connectivity index (χ1n) is 10.3. The van der Waals surface area contributed by atoms with Crippen molar-refractivity contribution in [3.63, 3.8) is 0 Å². The van der Waals surface area contributed by atoms with Crippen LogP contribution in [-0.2, 0) is 6.61 Å². The van der Waals surface area contributed by atoms with Crippen LogP contribution in [0.3, 0.4) is 0 Å². The molecule has 1 saturated carbocycles. The van der Waals surface area contributed by atoms with Gasteiger partial charge >= 0.3 is 0 Å². The van der Waals surface area contributed by atoms with E-state index in [1.54, 1.807) is 6.07 Å². The topological polar surface area (TPSA) is 34.5 Å². The highest BCUT2D eigenvalue weighted by Gasteiger charge is 2.29. The Morgan fingerprint density at radius 1 is 1.04 bits per heavy atom. The summed E-state index contributed by atoms with van der Waals surface area (Å²) in [6.07, 6.45) is 4.67. The highest BCUT2D eigenvalue weighted by Crippen LogP contribution is 2.40. The molecule has 1 aliphatic heterocycles. The molecule has 3 aromatic rings. The fourth-order valence-corrected chi connectivity index (χ4v) is 4.42. The summed E-state index contributed by atoms with van der Waals surface area (Å²) >= 11 is 0. The number of aryl methyl sites for hydroxylation is 1. The van der Waals surface area contributed by atoms with Gasteiger partial charge in [0, 0.05) is 36.3 Å². The third kappa shape index (κ3) is 3.07. The van der Waals surface area contributed by atoms with Crippen LogP contribution < -0.4 is 15.2 Å². The molecule has 2 heterocycles. The van der Waals surface area contributed by atoms with E-state index >= 15 is 0 Å². The number of aromatic nitrogens is 1. The number of anilines is 1. The van der Waals surface area contributed by atoms with Crippen LogP contribution in [0.25, 0.3) is 10.9 Å². The quantitative estimate of drug-likeness (QED) is 0.642. The molecular weight excluding hydrogens is 348 g/mol. The van der Waals surface area contributed by atoms with Crippen LogP contribution in [0, 0.1) is 6.92 Å². The summed E-state index contributed by atoms with van der Waals surface area (Å²) in [4.78, 5) is 15.5. The summed E-state index contributed by atoms with van der Waals surface area (Å²) < 4.78 is 8.15. The van der Waals surface area contributed by atoms with Gasteiger partial charge < -0.3 is 14.2 Å². The molecule has 2 aliphatic rings. The number of hydrogen-bond acceptors (Lipinski definition) is 3. The maximum atomic E-state index is 13.0. The largest absolute Gasteiger partial charge is 0.488 e. The molecule has 0 bridgehead atoms. The van der Waals surface area contributed by atoms with Gasteiger partial charge in [0.15, 0.2) is 0 Å². The van der Waals surface area contributed by atoms with E-state index in [9.17, 15) is 4.79 Å². The van der Waals surface area contributed by atoms with E-state index in [1.807, 2.05) is 34.9 Å². The van der Waals surface area contributed by atoms with Gasteiger partial charge in [-0.1, -0.05) is 30.3 Å². The minimum absolute atomic E-state index is 0.0553. The van der Waals surface area contributed by atoms with Gasteiger partial charge in [-0.15, -0.1) is 0 Å². The summed E-state index contributed by atoms with van der Waals surface area (Å²) in [5, 5.41) is 1.04. The Labute approximate surface area is 165 Å². The van der Waals surface area contributed by atoms with Gasteiger partial charge in [0.2, 0.25) is 0 Å². The van der Waals surface area contributed by atoms with Crippen LogP contribution in [0.5, 0.6) is 5.75 Å². The molecule has 4 heteroatoms. The summed E-state index contributed by atoms with van der Waals surface area (Å²) in [5.41, 5.74) is 4.68. The fraction of sp³-hybridized carbons (Fsp3) is 0.375. The van der Waals surface area contributed by atoms with E-state index in [4.69, 9.17) is 4.74 Å². The zero-order valence-electron chi connectivity index (χ0n) is 16.4. The minimum Gasteiger partial charge on any atom is -0.488 e. The number of nitrogens with zero attached hydrogens (tertiary/aromatic N) is 2. The van der Waals surface area contributed by atoms with Gasteiger partial charge in [0.25, 0.3) is 5.56 Å². The van der Waals surface area contributed by atoms with E-state index in [2.05, 4.69) is 24.0 Å². The van der Waals surface area contributed by atoms with Crippen molar-refractivity contribution in [1.82, 2.24) is 4.57 Å². The summed E-state index contributed by atoms with van der Waals surface area (Å²) in [5.74, 6) is 0.692. The second-order valence-electron chi connectivity index (χ2n) is 8.02.